The summed E-state index contributed by atoms with van der Waals surface area (Å²) in [6.45, 7) is 15.1. The van der Waals surface area contributed by atoms with Crippen LogP contribution in [0.5, 0.6) is 11.8 Å². The zero-order chi connectivity index (χ0) is 37.9. The molecule has 0 spiro atoms. The van der Waals surface area contributed by atoms with Crippen LogP contribution < -0.4 is 14.4 Å². The van der Waals surface area contributed by atoms with Crippen molar-refractivity contribution in [2.24, 2.45) is 24.3 Å². The van der Waals surface area contributed by atoms with Crippen molar-refractivity contribution in [1.29, 1.82) is 0 Å². The Labute approximate surface area is 320 Å². The molecule has 2 saturated heterocycles. The van der Waals surface area contributed by atoms with Crippen molar-refractivity contribution in [2.75, 3.05) is 31.1 Å². The number of aromatic nitrogens is 3. The Hall–Kier alpha value is -5.05. The van der Waals surface area contributed by atoms with Crippen molar-refractivity contribution >= 4 is 22.7 Å². The van der Waals surface area contributed by atoms with Crippen LogP contribution in [0.2, 0.25) is 0 Å². The van der Waals surface area contributed by atoms with E-state index in [-0.39, 0.29) is 11.5 Å². The molecule has 4 heterocycles. The number of benzene rings is 3. The van der Waals surface area contributed by atoms with E-state index >= 15 is 0 Å². The van der Waals surface area contributed by atoms with Crippen LogP contribution in [0.15, 0.2) is 91.0 Å². The third-order valence-electron chi connectivity index (χ3n) is 11.5. The maximum Gasteiger partial charge on any atom is 0.410 e. The van der Waals surface area contributed by atoms with Gasteiger partial charge in [-0.05, 0) is 99.1 Å². The molecule has 2 fully saturated rings. The van der Waals surface area contributed by atoms with Crippen molar-refractivity contribution in [3.8, 4) is 23.0 Å². The Bertz CT molecular complexity index is 2020. The molecule has 0 atom stereocenters. The maximum atomic E-state index is 12.7. The zero-order valence-electron chi connectivity index (χ0n) is 32.8. The average Bonchev–Trinajstić information content (AvgIpc) is 3.51. The molecule has 0 unspecified atom stereocenters. The Morgan fingerprint density at radius 2 is 1.33 bits per heavy atom. The van der Waals surface area contributed by atoms with E-state index in [0.717, 1.165) is 85.1 Å². The van der Waals surface area contributed by atoms with Gasteiger partial charge in [-0.1, -0.05) is 74.5 Å². The number of likely N-dealkylation sites (tertiary alicyclic amines) is 1. The van der Waals surface area contributed by atoms with Gasteiger partial charge in [-0.25, -0.2) is 4.79 Å². The highest BCUT2D eigenvalue weighted by Gasteiger charge is 2.41. The molecule has 2 aromatic heterocycles. The number of nitrogens with zero attached hydrogens (tertiary/aromatic N) is 5. The first-order chi connectivity index (χ1) is 25.9. The molecule has 2 aliphatic rings. The van der Waals surface area contributed by atoms with E-state index in [1.807, 2.05) is 110 Å². The summed E-state index contributed by atoms with van der Waals surface area (Å²) in [7, 11) is 2.01. The molecule has 0 saturated carbocycles. The first kappa shape index (κ1) is 37.3. The van der Waals surface area contributed by atoms with Gasteiger partial charge in [0, 0.05) is 50.4 Å². The molecule has 9 heteroatoms. The fraction of sp³-hybridized carbons (Fsp3) is 0.444. The van der Waals surface area contributed by atoms with Crippen LogP contribution in [-0.2, 0) is 25.0 Å². The van der Waals surface area contributed by atoms with E-state index in [9.17, 15) is 4.79 Å². The zero-order valence-corrected chi connectivity index (χ0v) is 32.8. The number of fused-ring (bicyclic) bond motifs is 1. The summed E-state index contributed by atoms with van der Waals surface area (Å²) in [5.74, 6) is 2.23. The lowest BCUT2D eigenvalue weighted by molar-refractivity contribution is 0.00252. The molecule has 0 N–H and O–H groups in total. The summed E-state index contributed by atoms with van der Waals surface area (Å²) < 4.78 is 20.1. The van der Waals surface area contributed by atoms with Gasteiger partial charge in [-0.15, -0.1) is 0 Å². The fourth-order valence-electron chi connectivity index (χ4n) is 8.24. The van der Waals surface area contributed by atoms with E-state index in [4.69, 9.17) is 24.3 Å². The van der Waals surface area contributed by atoms with Crippen LogP contribution in [0.4, 0.5) is 10.5 Å². The molecule has 284 valence electrons. The standard InChI is InChI=1S/C45H55N5O4/c1-44(2,3)54-43(51)50-27-23-35(24-28-50)45(4,5)34-21-25-49(26-22-34)36-17-18-37-39(29-36)48(6)47-41(37)38-19-20-40(52-30-32-13-9-7-10-14-32)46-42(38)53-31-33-15-11-8-12-16-33/h7-20,29,34-35H,21-28,30-31H2,1-6H3. The van der Waals surface area contributed by atoms with E-state index in [1.165, 1.54) is 5.69 Å². The van der Waals surface area contributed by atoms with Gasteiger partial charge < -0.3 is 24.0 Å². The Morgan fingerprint density at radius 1 is 0.741 bits per heavy atom. The second-order valence-corrected chi connectivity index (χ2v) is 16.5. The van der Waals surface area contributed by atoms with Crippen molar-refractivity contribution in [3.05, 3.63) is 102 Å². The largest absolute Gasteiger partial charge is 0.473 e. The third-order valence-corrected chi connectivity index (χ3v) is 11.5. The molecule has 54 heavy (non-hydrogen) atoms. The molecule has 7 rings (SSSR count). The van der Waals surface area contributed by atoms with Gasteiger partial charge in [-0.2, -0.15) is 10.1 Å². The predicted molar refractivity (Wildman–Crippen MR) is 215 cm³/mol. The lowest BCUT2D eigenvalue weighted by Crippen LogP contribution is -2.47. The molecule has 3 aromatic carbocycles. The lowest BCUT2D eigenvalue weighted by atomic mass is 9.63. The highest BCUT2D eigenvalue weighted by molar-refractivity contribution is 5.96. The Balaban J connectivity index is 1.04. The summed E-state index contributed by atoms with van der Waals surface area (Å²) in [6.07, 6.45) is 4.19. The number of hydrogen-bond donors (Lipinski definition) is 0. The molecule has 9 nitrogen and oxygen atoms in total. The lowest BCUT2D eigenvalue weighted by Gasteiger charge is -2.48. The van der Waals surface area contributed by atoms with Crippen LogP contribution in [0.3, 0.4) is 0 Å². The number of anilines is 1. The van der Waals surface area contributed by atoms with E-state index in [1.54, 1.807) is 0 Å². The van der Waals surface area contributed by atoms with Gasteiger partial charge in [0.1, 0.15) is 24.5 Å². The molecule has 0 aliphatic carbocycles. The van der Waals surface area contributed by atoms with Gasteiger partial charge in [-0.3, -0.25) is 4.68 Å². The number of carbonyl (C=O) groups is 1. The highest BCUT2D eigenvalue weighted by atomic mass is 16.6. The maximum absolute atomic E-state index is 12.7. The summed E-state index contributed by atoms with van der Waals surface area (Å²) in [5.41, 5.74) is 5.85. The summed E-state index contributed by atoms with van der Waals surface area (Å²) in [6, 6.07) is 30.8. The van der Waals surface area contributed by atoms with Crippen molar-refractivity contribution < 1.29 is 19.0 Å². The smallest absolute Gasteiger partial charge is 0.410 e. The van der Waals surface area contributed by atoms with Crippen LogP contribution in [0, 0.1) is 17.3 Å². The van der Waals surface area contributed by atoms with Crippen LogP contribution >= 0.6 is 0 Å². The van der Waals surface area contributed by atoms with Gasteiger partial charge >= 0.3 is 6.09 Å². The van der Waals surface area contributed by atoms with Gasteiger partial charge in [0.25, 0.3) is 0 Å². The van der Waals surface area contributed by atoms with E-state index in [0.29, 0.717) is 36.8 Å². The number of pyridine rings is 1. The summed E-state index contributed by atoms with van der Waals surface area (Å²) in [4.78, 5) is 21.9. The van der Waals surface area contributed by atoms with Crippen molar-refractivity contribution in [1.82, 2.24) is 19.7 Å². The fourth-order valence-corrected chi connectivity index (χ4v) is 8.24. The molecule has 1 amide bonds. The SMILES string of the molecule is Cn1nc(-c2ccc(OCc3ccccc3)nc2OCc2ccccc2)c2ccc(N3CCC(C(C)(C)C4CCN(C(=O)OC(C)(C)C)CC4)CC3)cc21. The number of aryl methyl sites for hydroxylation is 1. The van der Waals surface area contributed by atoms with E-state index < -0.39 is 5.60 Å². The monoisotopic (exact) mass is 729 g/mol. The highest BCUT2D eigenvalue weighted by Crippen LogP contribution is 2.46. The normalized spacial score (nSPS) is 16.1. The van der Waals surface area contributed by atoms with Crippen LogP contribution in [0.25, 0.3) is 22.2 Å². The predicted octanol–water partition coefficient (Wildman–Crippen LogP) is 9.68. The minimum absolute atomic E-state index is 0.180. The summed E-state index contributed by atoms with van der Waals surface area (Å²) in [5, 5.41) is 6.07. The van der Waals surface area contributed by atoms with Gasteiger partial charge in [0.2, 0.25) is 11.8 Å². The number of ether oxygens (including phenoxy) is 3. The molecular weight excluding hydrogens is 675 g/mol. The number of amides is 1. The molecule has 0 bridgehead atoms. The number of rotatable bonds is 10. The Morgan fingerprint density at radius 3 is 1.94 bits per heavy atom. The topological polar surface area (TPSA) is 82.0 Å². The average molecular weight is 730 g/mol. The minimum atomic E-state index is -0.464. The quantitative estimate of drug-likeness (QED) is 0.142. The molecule has 5 aromatic rings. The first-order valence-electron chi connectivity index (χ1n) is 19.5. The summed E-state index contributed by atoms with van der Waals surface area (Å²) >= 11 is 0. The van der Waals surface area contributed by atoms with Crippen LogP contribution in [0.1, 0.15) is 71.4 Å². The minimum Gasteiger partial charge on any atom is -0.473 e. The van der Waals surface area contributed by atoms with Crippen molar-refractivity contribution in [2.45, 2.75) is 79.1 Å². The number of piperidine rings is 2. The number of hydrogen-bond acceptors (Lipinski definition) is 7. The number of carbonyl (C=O) groups excluding carboxylic acids is 1. The van der Waals surface area contributed by atoms with Crippen LogP contribution in [-0.4, -0.2) is 57.5 Å². The van der Waals surface area contributed by atoms with Gasteiger partial charge in [0.05, 0.1) is 11.1 Å². The van der Waals surface area contributed by atoms with Gasteiger partial charge in [0.15, 0.2) is 0 Å². The molecule has 0 radical (unpaired) electrons. The van der Waals surface area contributed by atoms with Crippen molar-refractivity contribution in [3.63, 3.8) is 0 Å². The Kier molecular flexibility index (Phi) is 10.9. The van der Waals surface area contributed by atoms with E-state index in [2.05, 4.69) is 36.9 Å². The third kappa shape index (κ3) is 8.51. The second-order valence-electron chi connectivity index (χ2n) is 16.5. The first-order valence-corrected chi connectivity index (χ1v) is 19.5. The molecule has 2 aliphatic heterocycles. The molecular formula is C45H55N5O4. The second kappa shape index (κ2) is 15.7.